The Hall–Kier alpha value is -0.890. The first-order valence-corrected chi connectivity index (χ1v) is 5.02. The Morgan fingerprint density at radius 2 is 2.00 bits per heavy atom. The van der Waals surface area contributed by atoms with E-state index in [1.807, 2.05) is 12.1 Å². The summed E-state index contributed by atoms with van der Waals surface area (Å²) in [5.74, 6) is 0.674. The molecule has 2 heteroatoms. The Morgan fingerprint density at radius 1 is 1.36 bits per heavy atom. The molecule has 0 saturated heterocycles. The molecule has 0 aromatic heterocycles. The summed E-state index contributed by atoms with van der Waals surface area (Å²) in [5.41, 5.74) is 7.54. The largest absolute Gasteiger partial charge is 0.330 e. The molecule has 1 nitrogen and oxygen atoms in total. The van der Waals surface area contributed by atoms with Gasteiger partial charge < -0.3 is 5.73 Å². The van der Waals surface area contributed by atoms with Crippen LogP contribution in [0.3, 0.4) is 0 Å². The monoisotopic (exact) mass is 195 g/mol. The van der Waals surface area contributed by atoms with Crippen molar-refractivity contribution in [3.8, 4) is 0 Å². The fraction of sp³-hybridized carbons (Fsp3) is 0.500. The smallest absolute Gasteiger partial charge is 0.126 e. The lowest BCUT2D eigenvalue weighted by Gasteiger charge is -2.19. The van der Waals surface area contributed by atoms with E-state index in [4.69, 9.17) is 5.73 Å². The van der Waals surface area contributed by atoms with Gasteiger partial charge in [-0.2, -0.15) is 0 Å². The van der Waals surface area contributed by atoms with Crippen molar-refractivity contribution in [3.63, 3.8) is 0 Å². The summed E-state index contributed by atoms with van der Waals surface area (Å²) in [5, 5.41) is 0. The molecule has 0 radical (unpaired) electrons. The number of hydrogen-bond acceptors (Lipinski definition) is 1. The van der Waals surface area contributed by atoms with Gasteiger partial charge in [0, 0.05) is 0 Å². The molecule has 0 amide bonds. The summed E-state index contributed by atoms with van der Waals surface area (Å²) in [6.45, 7) is 6.67. The van der Waals surface area contributed by atoms with Crippen LogP contribution in [0.15, 0.2) is 18.2 Å². The van der Waals surface area contributed by atoms with Gasteiger partial charge in [0.15, 0.2) is 0 Å². The van der Waals surface area contributed by atoms with Crippen molar-refractivity contribution in [1.82, 2.24) is 0 Å². The summed E-state index contributed by atoms with van der Waals surface area (Å²) in [4.78, 5) is 0. The van der Waals surface area contributed by atoms with E-state index in [1.165, 1.54) is 6.07 Å². The second kappa shape index (κ2) is 4.56. The first-order valence-electron chi connectivity index (χ1n) is 5.02. The van der Waals surface area contributed by atoms with Crippen LogP contribution in [0.2, 0.25) is 0 Å². The van der Waals surface area contributed by atoms with E-state index < -0.39 is 0 Å². The average molecular weight is 195 g/mol. The molecule has 0 saturated carbocycles. The third kappa shape index (κ3) is 2.32. The molecule has 0 aliphatic rings. The Labute approximate surface area is 85.1 Å². The third-order valence-electron chi connectivity index (χ3n) is 2.67. The molecule has 1 aromatic carbocycles. The summed E-state index contributed by atoms with van der Waals surface area (Å²) in [6, 6.07) is 5.25. The van der Waals surface area contributed by atoms with Crippen molar-refractivity contribution in [2.75, 3.05) is 6.54 Å². The Kier molecular flexibility index (Phi) is 3.64. The molecule has 0 aliphatic heterocycles. The standard InChI is InChI=1S/C12H18FN/c1-8(2)11(7-14)10-4-5-12(13)9(3)6-10/h4-6,8,11H,7,14H2,1-3H3. The topological polar surface area (TPSA) is 26.0 Å². The Bertz CT molecular complexity index is 307. The number of rotatable bonds is 3. The van der Waals surface area contributed by atoms with E-state index in [0.29, 0.717) is 23.9 Å². The number of nitrogens with two attached hydrogens (primary N) is 1. The van der Waals surface area contributed by atoms with Gasteiger partial charge in [-0.3, -0.25) is 0 Å². The molecule has 78 valence electrons. The summed E-state index contributed by atoms with van der Waals surface area (Å²) < 4.78 is 13.0. The molecule has 1 atom stereocenters. The van der Waals surface area contributed by atoms with Crippen molar-refractivity contribution in [3.05, 3.63) is 35.1 Å². The summed E-state index contributed by atoms with van der Waals surface area (Å²) in [6.07, 6.45) is 0. The first-order chi connectivity index (χ1) is 6.56. The van der Waals surface area contributed by atoms with Crippen molar-refractivity contribution in [1.29, 1.82) is 0 Å². The normalized spacial score (nSPS) is 13.3. The fourth-order valence-corrected chi connectivity index (χ4v) is 1.69. The highest BCUT2D eigenvalue weighted by Crippen LogP contribution is 2.24. The van der Waals surface area contributed by atoms with Gasteiger partial charge in [0.05, 0.1) is 0 Å². The zero-order valence-corrected chi connectivity index (χ0v) is 9.05. The molecular weight excluding hydrogens is 177 g/mol. The second-order valence-electron chi connectivity index (χ2n) is 4.09. The van der Waals surface area contributed by atoms with Gasteiger partial charge in [-0.15, -0.1) is 0 Å². The minimum absolute atomic E-state index is 0.145. The maximum absolute atomic E-state index is 13.0. The lowest BCUT2D eigenvalue weighted by Crippen LogP contribution is -2.17. The predicted octanol–water partition coefficient (Wildman–Crippen LogP) is 2.83. The van der Waals surface area contributed by atoms with Gasteiger partial charge in [0.1, 0.15) is 5.82 Å². The third-order valence-corrected chi connectivity index (χ3v) is 2.67. The van der Waals surface area contributed by atoms with Crippen LogP contribution < -0.4 is 5.73 Å². The van der Waals surface area contributed by atoms with Crippen LogP contribution in [0.1, 0.15) is 30.9 Å². The zero-order chi connectivity index (χ0) is 10.7. The maximum Gasteiger partial charge on any atom is 0.126 e. The molecule has 0 heterocycles. The zero-order valence-electron chi connectivity index (χ0n) is 9.05. The molecule has 0 spiro atoms. The van der Waals surface area contributed by atoms with Crippen LogP contribution in [-0.4, -0.2) is 6.54 Å². The molecule has 0 bridgehead atoms. The van der Waals surface area contributed by atoms with Gasteiger partial charge in [-0.1, -0.05) is 26.0 Å². The van der Waals surface area contributed by atoms with Crippen LogP contribution >= 0.6 is 0 Å². The van der Waals surface area contributed by atoms with Crippen molar-refractivity contribution in [2.45, 2.75) is 26.7 Å². The molecule has 2 N–H and O–H groups in total. The van der Waals surface area contributed by atoms with Crippen LogP contribution in [0.25, 0.3) is 0 Å². The van der Waals surface area contributed by atoms with Gasteiger partial charge >= 0.3 is 0 Å². The SMILES string of the molecule is Cc1cc(C(CN)C(C)C)ccc1F. The highest BCUT2D eigenvalue weighted by atomic mass is 19.1. The summed E-state index contributed by atoms with van der Waals surface area (Å²) >= 11 is 0. The van der Waals surface area contributed by atoms with E-state index in [0.717, 1.165) is 5.56 Å². The number of aryl methyl sites for hydroxylation is 1. The molecule has 0 fully saturated rings. The van der Waals surface area contributed by atoms with Gasteiger partial charge in [-0.25, -0.2) is 4.39 Å². The Morgan fingerprint density at radius 3 is 2.43 bits per heavy atom. The van der Waals surface area contributed by atoms with Crippen molar-refractivity contribution < 1.29 is 4.39 Å². The number of halogens is 1. The summed E-state index contributed by atoms with van der Waals surface area (Å²) in [7, 11) is 0. The van der Waals surface area contributed by atoms with Crippen molar-refractivity contribution in [2.24, 2.45) is 11.7 Å². The molecular formula is C12H18FN. The lowest BCUT2D eigenvalue weighted by atomic mass is 9.88. The van der Waals surface area contributed by atoms with Crippen LogP contribution in [0.4, 0.5) is 4.39 Å². The molecule has 14 heavy (non-hydrogen) atoms. The maximum atomic E-state index is 13.0. The highest BCUT2D eigenvalue weighted by molar-refractivity contribution is 5.27. The predicted molar refractivity (Wildman–Crippen MR) is 57.8 cm³/mol. The minimum atomic E-state index is -0.145. The van der Waals surface area contributed by atoms with Crippen LogP contribution in [0, 0.1) is 18.7 Å². The van der Waals surface area contributed by atoms with E-state index in [9.17, 15) is 4.39 Å². The van der Waals surface area contributed by atoms with Gasteiger partial charge in [-0.05, 0) is 42.5 Å². The molecule has 1 aromatic rings. The van der Waals surface area contributed by atoms with E-state index in [-0.39, 0.29) is 5.82 Å². The second-order valence-corrected chi connectivity index (χ2v) is 4.09. The van der Waals surface area contributed by atoms with E-state index in [1.54, 1.807) is 6.92 Å². The Balaban J connectivity index is 3.00. The fourth-order valence-electron chi connectivity index (χ4n) is 1.69. The molecule has 1 rings (SSSR count). The quantitative estimate of drug-likeness (QED) is 0.788. The average Bonchev–Trinajstić information content (AvgIpc) is 2.11. The lowest BCUT2D eigenvalue weighted by molar-refractivity contribution is 0.504. The highest BCUT2D eigenvalue weighted by Gasteiger charge is 2.14. The minimum Gasteiger partial charge on any atom is -0.330 e. The number of hydrogen-bond donors (Lipinski definition) is 1. The molecule has 1 unspecified atom stereocenters. The van der Waals surface area contributed by atoms with Gasteiger partial charge in [0.2, 0.25) is 0 Å². The van der Waals surface area contributed by atoms with Gasteiger partial charge in [0.25, 0.3) is 0 Å². The van der Waals surface area contributed by atoms with E-state index >= 15 is 0 Å². The first kappa shape index (κ1) is 11.2. The van der Waals surface area contributed by atoms with Crippen LogP contribution in [-0.2, 0) is 0 Å². The van der Waals surface area contributed by atoms with Crippen molar-refractivity contribution >= 4 is 0 Å². The molecule has 0 aliphatic carbocycles. The van der Waals surface area contributed by atoms with Crippen LogP contribution in [0.5, 0.6) is 0 Å². The number of benzene rings is 1. The van der Waals surface area contributed by atoms with E-state index in [2.05, 4.69) is 13.8 Å².